The van der Waals surface area contributed by atoms with E-state index in [1.165, 1.54) is 23.9 Å². The van der Waals surface area contributed by atoms with Gasteiger partial charge in [-0.25, -0.2) is 13.1 Å². The Bertz CT molecular complexity index is 1670. The second-order valence-electron chi connectivity index (χ2n) is 8.73. The van der Waals surface area contributed by atoms with Gasteiger partial charge in [0, 0.05) is 12.2 Å². The largest absolute Gasteiger partial charge is 0.325 e. The van der Waals surface area contributed by atoms with Crippen molar-refractivity contribution in [2.24, 2.45) is 0 Å². The van der Waals surface area contributed by atoms with Crippen molar-refractivity contribution in [2.75, 3.05) is 11.9 Å². The first-order chi connectivity index (χ1) is 18.4. The number of aromatic nitrogens is 3. The molecule has 2 heterocycles. The van der Waals surface area contributed by atoms with Crippen LogP contribution in [0.3, 0.4) is 0 Å². The molecule has 5 rings (SSSR count). The number of fused-ring (bicyclic) bond motifs is 3. The molecule has 0 fully saturated rings. The number of nitrogens with one attached hydrogen (secondary N) is 2. The van der Waals surface area contributed by atoms with Gasteiger partial charge in [0.1, 0.15) is 0 Å². The maximum Gasteiger partial charge on any atom is 0.240 e. The lowest BCUT2D eigenvalue weighted by atomic mass is 10.2. The maximum absolute atomic E-state index is 13.1. The van der Waals surface area contributed by atoms with Gasteiger partial charge in [-0.15, -0.1) is 10.2 Å². The highest BCUT2D eigenvalue weighted by Crippen LogP contribution is 2.28. The number of benzene rings is 3. The van der Waals surface area contributed by atoms with Crippen LogP contribution < -0.4 is 10.0 Å². The Morgan fingerprint density at radius 2 is 1.66 bits per heavy atom. The minimum atomic E-state index is -3.65. The molecule has 0 saturated carbocycles. The van der Waals surface area contributed by atoms with Gasteiger partial charge in [0.05, 0.1) is 15.7 Å². The molecular weight excluding hydrogens is 518 g/mol. The van der Waals surface area contributed by atoms with Crippen LogP contribution in [-0.4, -0.2) is 40.7 Å². The topological polar surface area (TPSA) is 105 Å². The third-order valence-electron chi connectivity index (χ3n) is 6.14. The summed E-state index contributed by atoms with van der Waals surface area (Å²) in [6.07, 6.45) is 1.18. The Kier molecular flexibility index (Phi) is 7.73. The van der Waals surface area contributed by atoms with Crippen LogP contribution in [-0.2, 0) is 21.2 Å². The Morgan fingerprint density at radius 3 is 2.42 bits per heavy atom. The second kappa shape index (κ2) is 11.3. The average molecular weight is 546 g/mol. The van der Waals surface area contributed by atoms with E-state index in [2.05, 4.69) is 20.2 Å². The molecule has 1 amide bonds. The van der Waals surface area contributed by atoms with E-state index in [9.17, 15) is 13.2 Å². The first-order valence-corrected chi connectivity index (χ1v) is 14.6. The van der Waals surface area contributed by atoms with E-state index in [0.717, 1.165) is 22.1 Å². The van der Waals surface area contributed by atoms with Crippen LogP contribution >= 0.6 is 11.8 Å². The van der Waals surface area contributed by atoms with Crippen molar-refractivity contribution in [1.82, 2.24) is 19.3 Å². The molecule has 0 bridgehead atoms. The Morgan fingerprint density at radius 1 is 0.921 bits per heavy atom. The number of sulfonamides is 1. The van der Waals surface area contributed by atoms with Gasteiger partial charge in [0.15, 0.2) is 10.8 Å². The lowest BCUT2D eigenvalue weighted by molar-refractivity contribution is -0.115. The molecule has 2 N–H and O–H groups in total. The van der Waals surface area contributed by atoms with E-state index in [4.69, 9.17) is 0 Å². The third kappa shape index (κ3) is 5.72. The van der Waals surface area contributed by atoms with E-state index in [1.807, 2.05) is 78.1 Å². The number of amides is 1. The number of para-hydroxylation sites is 1. The van der Waals surface area contributed by atoms with E-state index in [0.29, 0.717) is 30.2 Å². The van der Waals surface area contributed by atoms with Gasteiger partial charge in [-0.1, -0.05) is 67.2 Å². The summed E-state index contributed by atoms with van der Waals surface area (Å²) in [4.78, 5) is 13.3. The van der Waals surface area contributed by atoms with Gasteiger partial charge in [-0.2, -0.15) is 0 Å². The molecular formula is C28H27N5O3S2. The third-order valence-corrected chi connectivity index (χ3v) is 8.92. The van der Waals surface area contributed by atoms with E-state index in [1.54, 1.807) is 12.1 Å². The lowest BCUT2D eigenvalue weighted by Gasteiger charge is -2.14. The van der Waals surface area contributed by atoms with Crippen molar-refractivity contribution in [3.63, 3.8) is 0 Å². The monoisotopic (exact) mass is 545 g/mol. The summed E-state index contributed by atoms with van der Waals surface area (Å²) in [5, 5.41) is 12.8. The lowest BCUT2D eigenvalue weighted by Crippen LogP contribution is -2.26. The molecule has 5 aromatic rings. The van der Waals surface area contributed by atoms with E-state index >= 15 is 0 Å². The van der Waals surface area contributed by atoms with Gasteiger partial charge < -0.3 is 5.32 Å². The van der Waals surface area contributed by atoms with Gasteiger partial charge in [-0.3, -0.25) is 9.20 Å². The highest BCUT2D eigenvalue weighted by molar-refractivity contribution is 8.00. The van der Waals surface area contributed by atoms with Gasteiger partial charge in [-0.05, 0) is 66.3 Å². The predicted molar refractivity (Wildman–Crippen MR) is 151 cm³/mol. The SMILES string of the molecule is CCC(Sc1nnc2ccc3ccccc3n12)C(=O)Nc1ccc(S(=O)(=O)NCCc2ccccc2)cc1. The standard InChI is InChI=1S/C28H27N5O3S2/c1-2-25(37-28-32-31-26-17-12-21-10-6-7-11-24(21)33(26)28)27(34)30-22-13-15-23(16-14-22)38(35,36)29-19-18-20-8-4-3-5-9-20/h3-17,25,29H,2,18-19H2,1H3,(H,30,34). The Balaban J connectivity index is 1.24. The van der Waals surface area contributed by atoms with Crippen LogP contribution in [0.4, 0.5) is 5.69 Å². The van der Waals surface area contributed by atoms with E-state index < -0.39 is 15.3 Å². The van der Waals surface area contributed by atoms with Gasteiger partial charge in [0.25, 0.3) is 0 Å². The first kappa shape index (κ1) is 25.9. The second-order valence-corrected chi connectivity index (χ2v) is 11.7. The molecule has 0 aliphatic rings. The molecule has 1 unspecified atom stereocenters. The highest BCUT2D eigenvalue weighted by Gasteiger charge is 2.22. The summed E-state index contributed by atoms with van der Waals surface area (Å²) in [6.45, 7) is 2.24. The number of thioether (sulfide) groups is 1. The fourth-order valence-electron chi connectivity index (χ4n) is 4.14. The minimum Gasteiger partial charge on any atom is -0.325 e. The van der Waals surface area contributed by atoms with Crippen LogP contribution in [0.2, 0.25) is 0 Å². The summed E-state index contributed by atoms with van der Waals surface area (Å²) >= 11 is 1.35. The van der Waals surface area contributed by atoms with Crippen LogP contribution in [0.5, 0.6) is 0 Å². The summed E-state index contributed by atoms with van der Waals surface area (Å²) in [5.74, 6) is -0.189. The summed E-state index contributed by atoms with van der Waals surface area (Å²) < 4.78 is 29.9. The molecule has 194 valence electrons. The van der Waals surface area contributed by atoms with Crippen LogP contribution in [0.15, 0.2) is 101 Å². The number of carbonyl (C=O) groups excluding carboxylic acids is 1. The first-order valence-electron chi connectivity index (χ1n) is 12.3. The Labute approximate surface area is 225 Å². The quantitative estimate of drug-likeness (QED) is 0.242. The molecule has 8 nitrogen and oxygen atoms in total. The summed E-state index contributed by atoms with van der Waals surface area (Å²) in [6, 6.07) is 27.8. The van der Waals surface area contributed by atoms with Crippen molar-refractivity contribution in [3.05, 3.63) is 96.6 Å². The number of nitrogens with zero attached hydrogens (tertiary/aromatic N) is 3. The van der Waals surface area contributed by atoms with Crippen molar-refractivity contribution in [1.29, 1.82) is 0 Å². The van der Waals surface area contributed by atoms with Crippen LogP contribution in [0.25, 0.3) is 16.6 Å². The molecule has 38 heavy (non-hydrogen) atoms. The molecule has 2 aromatic heterocycles. The van der Waals surface area contributed by atoms with Crippen LogP contribution in [0.1, 0.15) is 18.9 Å². The van der Waals surface area contributed by atoms with Crippen molar-refractivity contribution in [2.45, 2.75) is 35.1 Å². The zero-order valence-corrected chi connectivity index (χ0v) is 22.4. The zero-order chi connectivity index (χ0) is 26.5. The van der Waals surface area contributed by atoms with Crippen LogP contribution in [0, 0.1) is 0 Å². The number of rotatable bonds is 10. The molecule has 0 spiro atoms. The summed E-state index contributed by atoms with van der Waals surface area (Å²) in [5.41, 5.74) is 3.27. The number of anilines is 1. The smallest absolute Gasteiger partial charge is 0.240 e. The predicted octanol–water partition coefficient (Wildman–Crippen LogP) is 4.91. The molecule has 10 heteroatoms. The summed E-state index contributed by atoms with van der Waals surface area (Å²) in [7, 11) is -3.65. The molecule has 0 radical (unpaired) electrons. The van der Waals surface area contributed by atoms with E-state index in [-0.39, 0.29) is 10.8 Å². The zero-order valence-electron chi connectivity index (χ0n) is 20.7. The van der Waals surface area contributed by atoms with Gasteiger partial charge >= 0.3 is 0 Å². The molecule has 1 atom stereocenters. The molecule has 0 aliphatic heterocycles. The minimum absolute atomic E-state index is 0.145. The molecule has 0 aliphatic carbocycles. The van der Waals surface area contributed by atoms with Gasteiger partial charge in [0.2, 0.25) is 15.9 Å². The average Bonchev–Trinajstić information content (AvgIpc) is 3.36. The molecule has 3 aromatic carbocycles. The normalized spacial score (nSPS) is 12.6. The van der Waals surface area contributed by atoms with Crippen molar-refractivity contribution < 1.29 is 13.2 Å². The van der Waals surface area contributed by atoms with Crippen molar-refractivity contribution in [3.8, 4) is 0 Å². The fraction of sp³-hybridized carbons (Fsp3) is 0.179. The highest BCUT2D eigenvalue weighted by atomic mass is 32.2. The number of hydrogen-bond donors (Lipinski definition) is 2. The fourth-order valence-corrected chi connectivity index (χ4v) is 6.14. The molecule has 0 saturated heterocycles. The number of pyridine rings is 1. The maximum atomic E-state index is 13.1. The Hall–Kier alpha value is -3.73. The van der Waals surface area contributed by atoms with Crippen molar-refractivity contribution >= 4 is 49.9 Å². The number of hydrogen-bond acceptors (Lipinski definition) is 6. The number of carbonyl (C=O) groups is 1.